The van der Waals surface area contributed by atoms with Gasteiger partial charge in [0.15, 0.2) is 11.5 Å². The number of amides is 8. The van der Waals surface area contributed by atoms with Crippen molar-refractivity contribution in [2.24, 2.45) is 11.7 Å². The van der Waals surface area contributed by atoms with Gasteiger partial charge in [0.1, 0.15) is 48.5 Å². The molecule has 0 spiro atoms. The van der Waals surface area contributed by atoms with Gasteiger partial charge >= 0.3 is 35.7 Å². The van der Waals surface area contributed by atoms with Crippen LogP contribution in [0.1, 0.15) is 65.0 Å². The van der Waals surface area contributed by atoms with Gasteiger partial charge < -0.3 is 91.0 Å². The topological polar surface area (TPSA) is 435 Å². The standard InChI is InChI=1S/C47H66N8O20S.Na/c1-22-19-55-38(39(22)62)43(66)49-18-26(57)15-28(50-46(69)74-47(3,4)5)40(63)51-35(23(2)56)44(67)54-20-27(58)16-29(54)41(64)52-36(42(65)53-37(45(55)68)31(60)17-34(48)61)30(59)13-25-11-12-32(33(14-25)75-76(70,71)72)73-21-24-9-7-6-8-10-24;/h6-12,14,22-23,26-31,35-39,56-60,62H,13,15-21H2,1-5H3,(H2,48,61)(H,49,66)(H,50,69)(H,51,63)(H,52,64)(H,53,65)(H,70,71,72);/q;+1/p-1/t22-,23+,26+,27+,28-,29-,30+,31+,35-,36-,37-,38-,39-;/m0./s1. The van der Waals surface area contributed by atoms with Crippen LogP contribution >= 0.6 is 0 Å². The third kappa shape index (κ3) is 17.9. The van der Waals surface area contributed by atoms with Crippen LogP contribution in [0.4, 0.5) is 4.79 Å². The minimum Gasteiger partial charge on any atom is -0.716 e. The van der Waals surface area contributed by atoms with E-state index in [0.717, 1.165) is 22.8 Å². The summed E-state index contributed by atoms with van der Waals surface area (Å²) in [6, 6.07) is 0.0685. The molecule has 8 amide bonds. The first-order valence-corrected chi connectivity index (χ1v) is 25.4. The number of carbonyl (C=O) groups is 8. The normalized spacial score (nSPS) is 27.4. The molecular formula is C47H65N8NaO20S. The first kappa shape index (κ1) is 63.8. The van der Waals surface area contributed by atoms with Gasteiger partial charge in [0, 0.05) is 44.8 Å². The molecule has 13 N–H and O–H groups in total. The minimum absolute atomic E-state index is 0. The van der Waals surface area contributed by atoms with E-state index in [1.807, 2.05) is 0 Å². The first-order chi connectivity index (χ1) is 35.4. The fraction of sp³-hybridized carbons (Fsp3) is 0.574. The Kier molecular flexibility index (Phi) is 22.6. The van der Waals surface area contributed by atoms with Gasteiger partial charge in [-0.05, 0) is 51.0 Å². The molecule has 3 aliphatic rings. The van der Waals surface area contributed by atoms with E-state index in [1.54, 1.807) is 30.3 Å². The molecule has 3 heterocycles. The molecule has 77 heavy (non-hydrogen) atoms. The van der Waals surface area contributed by atoms with E-state index in [9.17, 15) is 82.0 Å². The van der Waals surface area contributed by atoms with Crippen molar-refractivity contribution in [2.75, 3.05) is 19.6 Å². The Bertz CT molecular complexity index is 2580. The number of alkyl carbamates (subject to hydrolysis) is 1. The summed E-state index contributed by atoms with van der Waals surface area (Å²) in [4.78, 5) is 113. The van der Waals surface area contributed by atoms with E-state index in [1.165, 1.54) is 39.8 Å². The van der Waals surface area contributed by atoms with Crippen LogP contribution in [0.3, 0.4) is 0 Å². The fourth-order valence-corrected chi connectivity index (χ4v) is 9.11. The maximum atomic E-state index is 14.6. The number of carbonyl (C=O) groups excluding carboxylic acids is 8. The first-order valence-electron chi connectivity index (χ1n) is 24.0. The third-order valence-corrected chi connectivity index (χ3v) is 12.8. The Hall–Kier alpha value is -5.73. The van der Waals surface area contributed by atoms with Crippen molar-refractivity contribution < 1.29 is 125 Å². The number of hydrogen-bond donors (Lipinski definition) is 12. The Balaban J connectivity index is 0.0000128. The molecule has 2 aromatic rings. The molecule has 0 radical (unpaired) electrons. The largest absolute Gasteiger partial charge is 1.00 e. The zero-order valence-corrected chi connectivity index (χ0v) is 45.9. The van der Waals surface area contributed by atoms with Gasteiger partial charge in [-0.15, -0.1) is 0 Å². The van der Waals surface area contributed by atoms with E-state index in [2.05, 4.69) is 30.8 Å². The van der Waals surface area contributed by atoms with Crippen LogP contribution in [0.25, 0.3) is 0 Å². The number of ether oxygens (including phenoxy) is 2. The summed E-state index contributed by atoms with van der Waals surface area (Å²) in [7, 11) is -5.47. The SMILES string of the molecule is C[C@@H](O)[C@@H]1NC(=O)[C@@H](NC(=O)OC(C)(C)C)C[C@@H](O)CNC(=O)[C@@H]2[C@@H](O)[C@@H](C)CN2C(=O)[C@H]([C@H](O)CC(N)=O)NC(=O)[C@H]([C@H](O)Cc2ccc(OCc3ccccc3)c(OS(=O)(=O)[O-])c2)NC(=O)[C@@H]2C[C@@H](O)CN2C1=O.[Na+]. The summed E-state index contributed by atoms with van der Waals surface area (Å²) < 4.78 is 51.2. The third-order valence-electron chi connectivity index (χ3n) is 12.4. The fourth-order valence-electron chi connectivity index (χ4n) is 8.76. The molecule has 0 aliphatic carbocycles. The molecule has 5 rings (SSSR count). The predicted octanol–water partition coefficient (Wildman–Crippen LogP) is -7.97. The number of β-amino-alcohol motifs (C(OH)–C–C–N with tert-alkyl or cyclic N) is 1. The zero-order valence-electron chi connectivity index (χ0n) is 43.1. The number of benzene rings is 2. The van der Waals surface area contributed by atoms with Crippen molar-refractivity contribution in [3.8, 4) is 11.5 Å². The van der Waals surface area contributed by atoms with Crippen LogP contribution in [-0.4, -0.2) is 199 Å². The quantitative estimate of drug-likeness (QED) is 0.0503. The number of hydrogen-bond acceptors (Lipinski definition) is 20. The molecule has 0 unspecified atom stereocenters. The molecule has 3 aliphatic heterocycles. The Morgan fingerprint density at radius 2 is 1.43 bits per heavy atom. The Morgan fingerprint density at radius 3 is 2.04 bits per heavy atom. The number of aliphatic hydroxyl groups is 6. The summed E-state index contributed by atoms with van der Waals surface area (Å²) >= 11 is 0. The van der Waals surface area contributed by atoms with Crippen LogP contribution in [-0.2, 0) is 61.7 Å². The van der Waals surface area contributed by atoms with Crippen molar-refractivity contribution in [1.82, 2.24) is 36.4 Å². The molecular weight excluding hydrogens is 1050 g/mol. The molecule has 13 atom stereocenters. The number of nitrogens with zero attached hydrogens (tertiary/aromatic N) is 2. The van der Waals surface area contributed by atoms with Crippen molar-refractivity contribution in [2.45, 2.75) is 145 Å². The number of rotatable bonds is 13. The Labute approximate surface area is 465 Å². The van der Waals surface area contributed by atoms with Crippen LogP contribution in [0.15, 0.2) is 48.5 Å². The monoisotopic (exact) mass is 1120 g/mol. The van der Waals surface area contributed by atoms with Gasteiger partial charge in [-0.1, -0.05) is 43.3 Å². The van der Waals surface area contributed by atoms with E-state index in [0.29, 0.717) is 5.56 Å². The van der Waals surface area contributed by atoms with Gasteiger partial charge in [-0.3, -0.25) is 33.6 Å². The van der Waals surface area contributed by atoms with Crippen LogP contribution < -0.4 is 70.8 Å². The van der Waals surface area contributed by atoms with Gasteiger partial charge in [0.25, 0.3) is 10.4 Å². The van der Waals surface area contributed by atoms with E-state index in [4.69, 9.17) is 15.2 Å². The second kappa shape index (κ2) is 27.2. The number of nitrogens with one attached hydrogen (secondary N) is 5. The second-order valence-electron chi connectivity index (χ2n) is 19.9. The van der Waals surface area contributed by atoms with E-state index < -0.39 is 193 Å². The second-order valence-corrected chi connectivity index (χ2v) is 20.9. The maximum Gasteiger partial charge on any atom is 1.00 e. The van der Waals surface area contributed by atoms with Crippen LogP contribution in [0.2, 0.25) is 0 Å². The molecule has 3 saturated heterocycles. The summed E-state index contributed by atoms with van der Waals surface area (Å²) in [6.07, 6.45) is -15.1. The van der Waals surface area contributed by atoms with E-state index >= 15 is 0 Å². The number of nitrogens with two attached hydrogens (primary N) is 1. The van der Waals surface area contributed by atoms with Gasteiger partial charge in [-0.25, -0.2) is 13.2 Å². The maximum absolute atomic E-state index is 14.6. The molecule has 3 fully saturated rings. The summed E-state index contributed by atoms with van der Waals surface area (Å²) in [6.45, 7) is 5.16. The summed E-state index contributed by atoms with van der Waals surface area (Å²) in [5.41, 5.74) is 4.81. The summed E-state index contributed by atoms with van der Waals surface area (Å²) in [5.74, 6) is -10.6. The number of aliphatic hydroxyl groups excluding tert-OH is 6. The zero-order chi connectivity index (χ0) is 56.6. The molecule has 30 heteroatoms. The van der Waals surface area contributed by atoms with Gasteiger partial charge in [-0.2, -0.15) is 0 Å². The van der Waals surface area contributed by atoms with Gasteiger partial charge in [0.2, 0.25) is 41.4 Å². The van der Waals surface area contributed by atoms with Gasteiger partial charge in [0.05, 0.1) is 43.0 Å². The molecule has 420 valence electrons. The predicted molar refractivity (Wildman–Crippen MR) is 258 cm³/mol. The van der Waals surface area contributed by atoms with Crippen LogP contribution in [0, 0.1) is 5.92 Å². The van der Waals surface area contributed by atoms with Crippen LogP contribution in [0.5, 0.6) is 11.5 Å². The number of primary amides is 1. The van der Waals surface area contributed by atoms with E-state index in [-0.39, 0.29) is 47.5 Å². The van der Waals surface area contributed by atoms with Crippen molar-refractivity contribution in [3.05, 3.63) is 59.7 Å². The Morgan fingerprint density at radius 1 is 0.805 bits per heavy atom. The molecule has 28 nitrogen and oxygen atoms in total. The minimum atomic E-state index is -5.47. The smallest absolute Gasteiger partial charge is 0.716 e. The van der Waals surface area contributed by atoms with Crippen molar-refractivity contribution in [1.29, 1.82) is 0 Å². The molecule has 2 aromatic carbocycles. The van der Waals surface area contributed by atoms with Crippen molar-refractivity contribution >= 4 is 57.8 Å². The molecule has 0 bridgehead atoms. The van der Waals surface area contributed by atoms with Crippen molar-refractivity contribution in [3.63, 3.8) is 0 Å². The molecule has 0 saturated carbocycles. The summed E-state index contributed by atoms with van der Waals surface area (Å²) in [5, 5.41) is 78.9. The molecule has 0 aromatic heterocycles. The average molecular weight is 1120 g/mol. The average Bonchev–Trinajstić information content (AvgIpc) is 3.86. The number of fused-ring (bicyclic) bond motifs is 2.